The molecule has 2 aromatic carbocycles. The summed E-state index contributed by atoms with van der Waals surface area (Å²) in [6.07, 6.45) is 1.84. The largest absolute Gasteiger partial charge is 0.481 e. The molecule has 0 aliphatic rings. The Labute approximate surface area is 162 Å². The maximum atomic E-state index is 13.1. The number of carbonyl (C=O) groups excluding carboxylic acids is 2. The number of aryl methyl sites for hydroxylation is 1. The van der Waals surface area contributed by atoms with Crippen LogP contribution in [0, 0.1) is 19.7 Å². The summed E-state index contributed by atoms with van der Waals surface area (Å²) in [7, 11) is 0. The molecular formula is C20H20ClFN2O3. The van der Waals surface area contributed by atoms with E-state index in [1.54, 1.807) is 13.0 Å². The molecule has 0 unspecified atom stereocenters. The average Bonchev–Trinajstić information content (AvgIpc) is 2.64. The molecule has 2 aromatic rings. The molecule has 2 N–H and O–H groups in total. The van der Waals surface area contributed by atoms with Gasteiger partial charge in [0.25, 0.3) is 11.8 Å². The highest BCUT2D eigenvalue weighted by Crippen LogP contribution is 2.21. The molecule has 2 rings (SSSR count). The van der Waals surface area contributed by atoms with Crippen molar-refractivity contribution in [3.05, 3.63) is 70.0 Å². The maximum absolute atomic E-state index is 13.1. The first-order valence-corrected chi connectivity index (χ1v) is 8.61. The zero-order valence-corrected chi connectivity index (χ0v) is 15.9. The highest BCUT2D eigenvalue weighted by Gasteiger charge is 2.16. The van der Waals surface area contributed by atoms with Gasteiger partial charge in [-0.05, 0) is 61.7 Å². The summed E-state index contributed by atoms with van der Waals surface area (Å²) in [4.78, 5) is 23.9. The van der Waals surface area contributed by atoms with Crippen LogP contribution in [0.3, 0.4) is 0 Å². The van der Waals surface area contributed by atoms with Crippen molar-refractivity contribution in [2.24, 2.45) is 0 Å². The first-order valence-electron chi connectivity index (χ1n) is 8.23. The Hall–Kier alpha value is -2.86. The van der Waals surface area contributed by atoms with E-state index >= 15 is 0 Å². The molecular weight excluding hydrogens is 371 g/mol. The zero-order chi connectivity index (χ0) is 20.0. The number of hydrogen-bond acceptors (Lipinski definition) is 3. The summed E-state index contributed by atoms with van der Waals surface area (Å²) >= 11 is 5.67. The van der Waals surface area contributed by atoms with Gasteiger partial charge in [-0.3, -0.25) is 20.4 Å². The highest BCUT2D eigenvalue weighted by atomic mass is 35.5. The van der Waals surface area contributed by atoms with Crippen LogP contribution in [0.1, 0.15) is 23.6 Å². The van der Waals surface area contributed by atoms with E-state index in [1.165, 1.54) is 30.4 Å². The number of rotatable bonds is 5. The molecule has 0 saturated heterocycles. The van der Waals surface area contributed by atoms with Crippen molar-refractivity contribution in [1.82, 2.24) is 10.9 Å². The average molecular weight is 391 g/mol. The standard InChI is InChI=1S/C20H20ClFN2O3/c1-12-5-4-6-18(13(12)2)27-14(3)20(26)24-23-19(25)10-8-15-7-9-17(22)16(21)11-15/h4-11,14H,1-3H3,(H,23,25)(H,24,26)/b10-8+/t14-/m1/s1. The molecule has 27 heavy (non-hydrogen) atoms. The monoisotopic (exact) mass is 390 g/mol. The van der Waals surface area contributed by atoms with E-state index < -0.39 is 23.7 Å². The van der Waals surface area contributed by atoms with Crippen LogP contribution in [0.25, 0.3) is 6.08 Å². The lowest BCUT2D eigenvalue weighted by molar-refractivity contribution is -0.131. The minimum Gasteiger partial charge on any atom is -0.481 e. The normalized spacial score (nSPS) is 11.9. The summed E-state index contributed by atoms with van der Waals surface area (Å²) < 4.78 is 18.7. The van der Waals surface area contributed by atoms with Gasteiger partial charge < -0.3 is 4.74 Å². The van der Waals surface area contributed by atoms with Crippen molar-refractivity contribution in [2.45, 2.75) is 26.9 Å². The Morgan fingerprint density at radius 1 is 1.19 bits per heavy atom. The van der Waals surface area contributed by atoms with E-state index in [1.807, 2.05) is 26.0 Å². The summed E-state index contributed by atoms with van der Waals surface area (Å²) in [5.74, 6) is -0.981. The Kier molecular flexibility index (Phi) is 6.96. The molecule has 0 aliphatic heterocycles. The fraction of sp³-hybridized carbons (Fsp3) is 0.200. The number of ether oxygens (including phenoxy) is 1. The lowest BCUT2D eigenvalue weighted by Gasteiger charge is -2.17. The van der Waals surface area contributed by atoms with E-state index in [9.17, 15) is 14.0 Å². The van der Waals surface area contributed by atoms with Crippen molar-refractivity contribution >= 4 is 29.5 Å². The lowest BCUT2D eigenvalue weighted by Crippen LogP contribution is -2.46. The van der Waals surface area contributed by atoms with E-state index in [0.29, 0.717) is 11.3 Å². The van der Waals surface area contributed by atoms with E-state index in [2.05, 4.69) is 10.9 Å². The van der Waals surface area contributed by atoms with Crippen molar-refractivity contribution in [2.75, 3.05) is 0 Å². The van der Waals surface area contributed by atoms with Crippen LogP contribution >= 0.6 is 11.6 Å². The Morgan fingerprint density at radius 3 is 2.63 bits per heavy atom. The number of halogens is 2. The Bertz CT molecular complexity index is 884. The number of hydrogen-bond donors (Lipinski definition) is 2. The van der Waals surface area contributed by atoms with Crippen molar-refractivity contribution in [3.8, 4) is 5.75 Å². The zero-order valence-electron chi connectivity index (χ0n) is 15.2. The van der Waals surface area contributed by atoms with Crippen LogP contribution < -0.4 is 15.6 Å². The second-order valence-corrected chi connectivity index (χ2v) is 6.35. The molecule has 0 bridgehead atoms. The van der Waals surface area contributed by atoms with Crippen LogP contribution in [-0.2, 0) is 9.59 Å². The molecule has 0 fully saturated rings. The number of nitrogens with one attached hydrogen (secondary N) is 2. The first kappa shape index (κ1) is 20.5. The quantitative estimate of drug-likeness (QED) is 0.604. The van der Waals surface area contributed by atoms with Crippen LogP contribution in [0.5, 0.6) is 5.75 Å². The molecule has 0 aromatic heterocycles. The molecule has 0 radical (unpaired) electrons. The van der Waals surface area contributed by atoms with Gasteiger partial charge in [-0.1, -0.05) is 29.8 Å². The third-order valence-electron chi connectivity index (χ3n) is 3.91. The first-order chi connectivity index (χ1) is 12.8. The van der Waals surface area contributed by atoms with Gasteiger partial charge in [-0.15, -0.1) is 0 Å². The van der Waals surface area contributed by atoms with Crippen molar-refractivity contribution in [1.29, 1.82) is 0 Å². The minimum atomic E-state index is -0.800. The second-order valence-electron chi connectivity index (χ2n) is 5.94. The molecule has 0 heterocycles. The topological polar surface area (TPSA) is 67.4 Å². The molecule has 0 spiro atoms. The summed E-state index contributed by atoms with van der Waals surface area (Å²) in [5.41, 5.74) is 7.10. The van der Waals surface area contributed by atoms with Gasteiger partial charge in [-0.25, -0.2) is 4.39 Å². The van der Waals surface area contributed by atoms with Crippen molar-refractivity contribution in [3.63, 3.8) is 0 Å². The summed E-state index contributed by atoms with van der Waals surface area (Å²) in [6.45, 7) is 5.44. The predicted molar refractivity (Wildman–Crippen MR) is 103 cm³/mol. The van der Waals surface area contributed by atoms with Gasteiger partial charge >= 0.3 is 0 Å². The highest BCUT2D eigenvalue weighted by molar-refractivity contribution is 6.30. The van der Waals surface area contributed by atoms with Gasteiger partial charge in [0.05, 0.1) is 5.02 Å². The molecule has 7 heteroatoms. The Morgan fingerprint density at radius 2 is 1.93 bits per heavy atom. The van der Waals surface area contributed by atoms with E-state index in [4.69, 9.17) is 16.3 Å². The third-order valence-corrected chi connectivity index (χ3v) is 4.20. The van der Waals surface area contributed by atoms with Crippen LogP contribution in [0.2, 0.25) is 5.02 Å². The molecule has 1 atom stereocenters. The lowest BCUT2D eigenvalue weighted by atomic mass is 10.1. The van der Waals surface area contributed by atoms with Gasteiger partial charge in [0.1, 0.15) is 11.6 Å². The summed E-state index contributed by atoms with van der Waals surface area (Å²) in [6, 6.07) is 9.64. The minimum absolute atomic E-state index is 0.0386. The van der Waals surface area contributed by atoms with Gasteiger partial charge in [0.15, 0.2) is 6.10 Å². The third kappa shape index (κ3) is 5.82. The van der Waals surface area contributed by atoms with Gasteiger partial charge in [0.2, 0.25) is 0 Å². The molecule has 0 saturated carbocycles. The number of amides is 2. The number of carbonyl (C=O) groups is 2. The molecule has 0 aliphatic carbocycles. The van der Waals surface area contributed by atoms with Crippen LogP contribution in [0.15, 0.2) is 42.5 Å². The molecule has 2 amide bonds. The van der Waals surface area contributed by atoms with E-state index in [-0.39, 0.29) is 5.02 Å². The van der Waals surface area contributed by atoms with Gasteiger partial charge in [-0.2, -0.15) is 0 Å². The molecule has 142 valence electrons. The summed E-state index contributed by atoms with van der Waals surface area (Å²) in [5, 5.41) is -0.0386. The van der Waals surface area contributed by atoms with E-state index in [0.717, 1.165) is 11.1 Å². The maximum Gasteiger partial charge on any atom is 0.279 e. The smallest absolute Gasteiger partial charge is 0.279 e. The molecule has 5 nitrogen and oxygen atoms in total. The van der Waals surface area contributed by atoms with Gasteiger partial charge in [0, 0.05) is 6.08 Å². The van der Waals surface area contributed by atoms with Crippen LogP contribution in [-0.4, -0.2) is 17.9 Å². The Balaban J connectivity index is 1.86. The number of benzene rings is 2. The van der Waals surface area contributed by atoms with Crippen LogP contribution in [0.4, 0.5) is 4.39 Å². The fourth-order valence-electron chi connectivity index (χ4n) is 2.15. The number of hydrazine groups is 1. The predicted octanol–water partition coefficient (Wildman–Crippen LogP) is 3.72. The van der Waals surface area contributed by atoms with Crippen molar-refractivity contribution < 1.29 is 18.7 Å². The SMILES string of the molecule is Cc1cccc(O[C@H](C)C(=O)NNC(=O)/C=C/c2ccc(F)c(Cl)c2)c1C. The fourth-order valence-corrected chi connectivity index (χ4v) is 2.34. The second kappa shape index (κ2) is 9.19.